The maximum absolute atomic E-state index is 13.9. The Bertz CT molecular complexity index is 1650. The molecule has 1 aromatic heterocycles. The zero-order valence-corrected chi connectivity index (χ0v) is 23.3. The van der Waals surface area contributed by atoms with Crippen LogP contribution in [0.2, 0.25) is 0 Å². The molecule has 39 heavy (non-hydrogen) atoms. The predicted molar refractivity (Wildman–Crippen MR) is 149 cm³/mol. The van der Waals surface area contributed by atoms with Crippen molar-refractivity contribution in [3.63, 3.8) is 0 Å². The molecule has 1 aliphatic heterocycles. The van der Waals surface area contributed by atoms with Crippen molar-refractivity contribution in [3.8, 4) is 23.0 Å². The number of nitrogens with zero attached hydrogens (tertiary/aromatic N) is 2. The van der Waals surface area contributed by atoms with E-state index < -0.39 is 12.0 Å². The molecule has 0 unspecified atom stereocenters. The smallest absolute Gasteiger partial charge is 0.338 e. The summed E-state index contributed by atoms with van der Waals surface area (Å²) in [7, 11) is 4.53. The first-order valence-electron chi connectivity index (χ1n) is 12.2. The lowest BCUT2D eigenvalue weighted by Gasteiger charge is -2.26. The number of phenolic OH excluding ortho intramolecular Hbond substituents is 1. The quantitative estimate of drug-likeness (QED) is 0.322. The summed E-state index contributed by atoms with van der Waals surface area (Å²) < 4.78 is 23.6. The second-order valence-corrected chi connectivity index (χ2v) is 9.64. The van der Waals surface area contributed by atoms with E-state index in [0.717, 1.165) is 0 Å². The molecular weight excluding hydrogens is 520 g/mol. The van der Waals surface area contributed by atoms with Gasteiger partial charge in [0.2, 0.25) is 0 Å². The third-order valence-electron chi connectivity index (χ3n) is 6.31. The van der Waals surface area contributed by atoms with E-state index in [1.54, 1.807) is 63.4 Å². The molecule has 0 spiro atoms. The van der Waals surface area contributed by atoms with Crippen LogP contribution in [0.25, 0.3) is 6.08 Å². The summed E-state index contributed by atoms with van der Waals surface area (Å²) in [6, 6.07) is 7.80. The fourth-order valence-corrected chi connectivity index (χ4v) is 5.57. The molecule has 0 radical (unpaired) electrons. The molecule has 1 N–H and O–H groups in total. The second kappa shape index (κ2) is 11.6. The van der Waals surface area contributed by atoms with Crippen molar-refractivity contribution in [2.24, 2.45) is 4.99 Å². The monoisotopic (exact) mass is 550 g/mol. The summed E-state index contributed by atoms with van der Waals surface area (Å²) in [5.74, 6) is 0.765. The highest BCUT2D eigenvalue weighted by Crippen LogP contribution is 2.38. The van der Waals surface area contributed by atoms with Gasteiger partial charge in [0.15, 0.2) is 16.3 Å². The lowest BCUT2D eigenvalue weighted by Crippen LogP contribution is -2.40. The van der Waals surface area contributed by atoms with Crippen LogP contribution in [0.3, 0.4) is 0 Å². The molecule has 0 saturated carbocycles. The normalized spacial score (nSPS) is 14.9. The Labute approximate surface area is 229 Å². The van der Waals surface area contributed by atoms with Crippen molar-refractivity contribution < 1.29 is 28.8 Å². The molecule has 0 aliphatic carbocycles. The number of fused-ring (bicyclic) bond motifs is 1. The summed E-state index contributed by atoms with van der Waals surface area (Å²) in [6.45, 7) is 7.35. The highest BCUT2D eigenvalue weighted by molar-refractivity contribution is 7.07. The molecular formula is C29H30N2O7S. The average molecular weight is 551 g/mol. The topological polar surface area (TPSA) is 109 Å². The Morgan fingerprint density at radius 1 is 1.15 bits per heavy atom. The maximum atomic E-state index is 13.9. The van der Waals surface area contributed by atoms with Crippen molar-refractivity contribution in [2.75, 3.05) is 27.9 Å². The van der Waals surface area contributed by atoms with Crippen LogP contribution in [0, 0.1) is 0 Å². The van der Waals surface area contributed by atoms with Gasteiger partial charge in [-0.2, -0.15) is 0 Å². The molecule has 0 amide bonds. The van der Waals surface area contributed by atoms with Crippen molar-refractivity contribution in [2.45, 2.75) is 26.3 Å². The summed E-state index contributed by atoms with van der Waals surface area (Å²) in [5.41, 5.74) is 2.22. The maximum Gasteiger partial charge on any atom is 0.338 e. The fourth-order valence-electron chi connectivity index (χ4n) is 4.52. The van der Waals surface area contributed by atoms with E-state index in [1.807, 2.05) is 0 Å². The molecule has 204 valence electrons. The van der Waals surface area contributed by atoms with E-state index in [0.29, 0.717) is 49.6 Å². The zero-order valence-electron chi connectivity index (χ0n) is 22.4. The third-order valence-corrected chi connectivity index (χ3v) is 7.29. The number of carbonyl (C=O) groups excluding carboxylic acids is 1. The van der Waals surface area contributed by atoms with E-state index in [2.05, 4.69) is 11.6 Å². The number of ether oxygens (including phenoxy) is 4. The number of allylic oxidation sites excluding steroid dienone is 2. The minimum Gasteiger partial charge on any atom is -0.504 e. The third kappa shape index (κ3) is 5.20. The van der Waals surface area contributed by atoms with Crippen molar-refractivity contribution >= 4 is 23.4 Å². The molecule has 1 atom stereocenters. The van der Waals surface area contributed by atoms with Gasteiger partial charge >= 0.3 is 5.97 Å². The minimum absolute atomic E-state index is 0.0253. The van der Waals surface area contributed by atoms with Gasteiger partial charge in [0, 0.05) is 17.2 Å². The minimum atomic E-state index is -0.839. The molecule has 10 heteroatoms. The van der Waals surface area contributed by atoms with Crippen molar-refractivity contribution in [1.29, 1.82) is 0 Å². The number of hydrogen-bond donors (Lipinski definition) is 1. The molecule has 0 bridgehead atoms. The van der Waals surface area contributed by atoms with Crippen LogP contribution in [-0.2, 0) is 16.0 Å². The molecule has 0 saturated heterocycles. The van der Waals surface area contributed by atoms with Gasteiger partial charge in [-0.3, -0.25) is 9.36 Å². The van der Waals surface area contributed by atoms with Crippen LogP contribution in [0.5, 0.6) is 23.0 Å². The van der Waals surface area contributed by atoms with Crippen molar-refractivity contribution in [1.82, 2.24) is 4.57 Å². The Morgan fingerprint density at radius 3 is 2.54 bits per heavy atom. The summed E-state index contributed by atoms with van der Waals surface area (Å²) in [5, 5.41) is 10.5. The Balaban J connectivity index is 1.99. The van der Waals surface area contributed by atoms with Crippen LogP contribution >= 0.6 is 11.3 Å². The number of carbonyl (C=O) groups is 1. The first-order chi connectivity index (χ1) is 18.8. The van der Waals surface area contributed by atoms with Crippen LogP contribution < -0.4 is 29.1 Å². The second-order valence-electron chi connectivity index (χ2n) is 8.63. The largest absolute Gasteiger partial charge is 0.504 e. The molecule has 4 rings (SSSR count). The van der Waals surface area contributed by atoms with Gasteiger partial charge in [-0.05, 0) is 56.2 Å². The molecule has 3 aromatic rings. The number of benzene rings is 2. The van der Waals surface area contributed by atoms with E-state index >= 15 is 0 Å². The van der Waals surface area contributed by atoms with E-state index in [1.165, 1.54) is 30.1 Å². The lowest BCUT2D eigenvalue weighted by molar-refractivity contribution is -0.139. The van der Waals surface area contributed by atoms with Gasteiger partial charge in [0.1, 0.15) is 17.5 Å². The molecule has 1 aliphatic rings. The molecule has 9 nitrogen and oxygen atoms in total. The first kappa shape index (κ1) is 27.7. The van der Waals surface area contributed by atoms with Gasteiger partial charge in [0.05, 0.1) is 43.7 Å². The predicted octanol–water partition coefficient (Wildman–Crippen LogP) is 3.26. The van der Waals surface area contributed by atoms with Crippen LogP contribution in [0.15, 0.2) is 64.0 Å². The van der Waals surface area contributed by atoms with E-state index in [4.69, 9.17) is 18.9 Å². The number of thiazole rings is 1. The zero-order chi connectivity index (χ0) is 28.3. The average Bonchev–Trinajstić information content (AvgIpc) is 3.23. The van der Waals surface area contributed by atoms with Gasteiger partial charge in [-0.15, -0.1) is 6.58 Å². The molecule has 0 fully saturated rings. The number of rotatable bonds is 9. The van der Waals surface area contributed by atoms with Gasteiger partial charge < -0.3 is 24.1 Å². The highest BCUT2D eigenvalue weighted by Gasteiger charge is 2.35. The summed E-state index contributed by atoms with van der Waals surface area (Å²) >= 11 is 1.20. The number of aromatic hydroxyl groups is 1. The van der Waals surface area contributed by atoms with Crippen molar-refractivity contribution in [3.05, 3.63) is 90.6 Å². The number of phenols is 1. The summed E-state index contributed by atoms with van der Waals surface area (Å²) in [6.07, 6.45) is 3.81. The molecule has 2 heterocycles. The number of methoxy groups -OCH3 is 3. The Morgan fingerprint density at radius 2 is 1.90 bits per heavy atom. The lowest BCUT2D eigenvalue weighted by atomic mass is 9.95. The van der Waals surface area contributed by atoms with Gasteiger partial charge in [-0.25, -0.2) is 9.79 Å². The van der Waals surface area contributed by atoms with E-state index in [-0.39, 0.29) is 29.2 Å². The van der Waals surface area contributed by atoms with Crippen LogP contribution in [0.4, 0.5) is 0 Å². The van der Waals surface area contributed by atoms with Gasteiger partial charge in [-0.1, -0.05) is 17.4 Å². The Hall–Kier alpha value is -4.31. The highest BCUT2D eigenvalue weighted by atomic mass is 32.1. The van der Waals surface area contributed by atoms with Gasteiger partial charge in [0.25, 0.3) is 5.56 Å². The summed E-state index contributed by atoms with van der Waals surface area (Å²) in [4.78, 5) is 32.1. The molecule has 2 aromatic carbocycles. The SMILES string of the molecule is C=CCc1cc(/C=c2/sc3n(c2=O)[C@H](c2ccc(OC)cc2OC)C(C(=O)OCC)=C(C)N=3)cc(OC)c1O. The standard InChI is InChI=1S/C29H30N2O7S/c1-7-9-18-12-17(13-22(37-6)26(18)32)14-23-27(33)31-25(20-11-10-19(35-4)15-21(20)36-5)24(28(34)38-8-2)16(3)30-29(31)39-23/h7,10-15,25,32H,1,8-9H2,2-6H3/b23-14+/t25-/m1/s1. The van der Waals surface area contributed by atoms with Crippen LogP contribution in [0.1, 0.15) is 36.6 Å². The fraction of sp³-hybridized carbons (Fsp3) is 0.276. The Kier molecular flexibility index (Phi) is 8.25. The first-order valence-corrected chi connectivity index (χ1v) is 13.0. The number of hydrogen-bond acceptors (Lipinski definition) is 9. The van der Waals surface area contributed by atoms with E-state index in [9.17, 15) is 14.7 Å². The number of esters is 1. The number of aromatic nitrogens is 1. The van der Waals surface area contributed by atoms with Crippen LogP contribution in [-0.4, -0.2) is 43.6 Å².